The molecule has 1 aromatic rings. The molecule has 3 fully saturated rings. The topological polar surface area (TPSA) is 24.5 Å². The minimum atomic E-state index is -0.166. The fourth-order valence-electron chi connectivity index (χ4n) is 5.42. The number of rotatable bonds is 1. The summed E-state index contributed by atoms with van der Waals surface area (Å²) >= 11 is 0. The van der Waals surface area contributed by atoms with Crippen LogP contribution in [0.3, 0.4) is 0 Å². The number of piperidine rings is 2. The number of allylic oxidation sites excluding steroid dienone is 1. The van der Waals surface area contributed by atoms with Gasteiger partial charge in [0.2, 0.25) is 0 Å². The van der Waals surface area contributed by atoms with E-state index in [2.05, 4.69) is 54.4 Å². The number of hydrogen-bond donors (Lipinski definition) is 1. The fourth-order valence-corrected chi connectivity index (χ4v) is 5.42. The van der Waals surface area contributed by atoms with E-state index in [0.29, 0.717) is 18.2 Å². The van der Waals surface area contributed by atoms with Gasteiger partial charge in [0.25, 0.3) is 0 Å². The van der Waals surface area contributed by atoms with E-state index in [0.717, 1.165) is 18.9 Å². The number of hydrogen-bond acceptors (Lipinski definition) is 3. The van der Waals surface area contributed by atoms with Crippen molar-refractivity contribution in [2.45, 2.75) is 57.0 Å². The van der Waals surface area contributed by atoms with Crippen LogP contribution >= 0.6 is 0 Å². The fraction of sp³-hybridized carbons (Fsp3) is 0.579. The van der Waals surface area contributed by atoms with Crippen LogP contribution in [0.15, 0.2) is 35.9 Å². The average molecular weight is 296 g/mol. The summed E-state index contributed by atoms with van der Waals surface area (Å²) in [5.41, 5.74) is 4.20. The van der Waals surface area contributed by atoms with Crippen molar-refractivity contribution in [2.75, 3.05) is 11.9 Å². The third-order valence-electron chi connectivity index (χ3n) is 6.48. The second kappa shape index (κ2) is 4.36. The summed E-state index contributed by atoms with van der Waals surface area (Å²) in [6.07, 6.45) is 6.23. The van der Waals surface area contributed by atoms with E-state index in [1.54, 1.807) is 5.57 Å². The quantitative estimate of drug-likeness (QED) is 0.800. The molecule has 4 aliphatic rings. The molecule has 5 atom stereocenters. The Balaban J connectivity index is 1.55. The Morgan fingerprint density at radius 3 is 3.05 bits per heavy atom. The molecule has 4 aliphatic heterocycles. The first kappa shape index (κ1) is 13.1. The number of para-hydroxylation sites is 1. The third-order valence-corrected chi connectivity index (χ3v) is 6.48. The van der Waals surface area contributed by atoms with E-state index in [9.17, 15) is 0 Å². The Labute approximate surface area is 132 Å². The van der Waals surface area contributed by atoms with Gasteiger partial charge in [0.1, 0.15) is 6.23 Å². The van der Waals surface area contributed by atoms with Gasteiger partial charge >= 0.3 is 0 Å². The molecule has 1 unspecified atom stereocenters. The normalized spacial score (nSPS) is 43.8. The van der Waals surface area contributed by atoms with Gasteiger partial charge in [-0.15, -0.1) is 0 Å². The van der Waals surface area contributed by atoms with Gasteiger partial charge in [-0.1, -0.05) is 36.8 Å². The van der Waals surface area contributed by atoms with Crippen molar-refractivity contribution in [3.8, 4) is 0 Å². The molecule has 1 spiro atoms. The lowest BCUT2D eigenvalue weighted by Crippen LogP contribution is -2.57. The molecule has 0 radical (unpaired) electrons. The lowest BCUT2D eigenvalue weighted by atomic mass is 9.74. The molecule has 0 aliphatic carbocycles. The highest BCUT2D eigenvalue weighted by Crippen LogP contribution is 2.61. The molecular formula is C19H24N2O. The molecule has 1 aromatic carbocycles. The summed E-state index contributed by atoms with van der Waals surface area (Å²) in [4.78, 5) is 2.62. The number of fused-ring (bicyclic) bond motifs is 5. The molecule has 3 heteroatoms. The summed E-state index contributed by atoms with van der Waals surface area (Å²) in [5.74, 6) is 1.24. The van der Waals surface area contributed by atoms with Crippen molar-refractivity contribution in [1.29, 1.82) is 0 Å². The van der Waals surface area contributed by atoms with Crippen LogP contribution in [0.1, 0.15) is 44.6 Å². The first-order valence-electron chi connectivity index (χ1n) is 8.72. The predicted molar refractivity (Wildman–Crippen MR) is 87.7 cm³/mol. The van der Waals surface area contributed by atoms with Crippen LogP contribution in [0.5, 0.6) is 0 Å². The summed E-state index contributed by atoms with van der Waals surface area (Å²) in [5, 5.41) is 3.79. The lowest BCUT2D eigenvalue weighted by Gasteiger charge is -2.46. The highest BCUT2D eigenvalue weighted by atomic mass is 16.6. The van der Waals surface area contributed by atoms with Crippen molar-refractivity contribution in [3.05, 3.63) is 41.5 Å². The van der Waals surface area contributed by atoms with Crippen LogP contribution < -0.4 is 5.32 Å². The SMILES string of the molecule is C/C=C1\CN2[C@@H](C[C@@H]1CC)[C@]13Nc4ccccc4C1C[C@H]2O3. The van der Waals surface area contributed by atoms with Crippen LogP contribution in [0.2, 0.25) is 0 Å². The summed E-state index contributed by atoms with van der Waals surface area (Å²) in [7, 11) is 0. The molecule has 5 rings (SSSR count). The smallest absolute Gasteiger partial charge is 0.163 e. The highest BCUT2D eigenvalue weighted by molar-refractivity contribution is 5.63. The Kier molecular flexibility index (Phi) is 2.61. The minimum Gasteiger partial charge on any atom is -0.356 e. The van der Waals surface area contributed by atoms with Crippen LogP contribution in [-0.2, 0) is 4.74 Å². The van der Waals surface area contributed by atoms with Gasteiger partial charge in [0.15, 0.2) is 5.72 Å². The van der Waals surface area contributed by atoms with Crippen LogP contribution in [0.4, 0.5) is 5.69 Å². The molecule has 0 amide bonds. The van der Waals surface area contributed by atoms with Crippen molar-refractivity contribution in [2.24, 2.45) is 5.92 Å². The molecule has 4 heterocycles. The van der Waals surface area contributed by atoms with Gasteiger partial charge in [-0.05, 0) is 43.7 Å². The number of benzene rings is 1. The number of anilines is 1. The van der Waals surface area contributed by atoms with Gasteiger partial charge in [0, 0.05) is 18.2 Å². The van der Waals surface area contributed by atoms with E-state index in [1.165, 1.54) is 24.1 Å². The molecular weight excluding hydrogens is 272 g/mol. The predicted octanol–water partition coefficient (Wildman–Crippen LogP) is 3.70. The molecule has 0 aromatic heterocycles. The van der Waals surface area contributed by atoms with E-state index < -0.39 is 0 Å². The maximum atomic E-state index is 6.59. The molecule has 3 nitrogen and oxygen atoms in total. The molecule has 3 saturated heterocycles. The van der Waals surface area contributed by atoms with Crippen molar-refractivity contribution >= 4 is 5.69 Å². The molecule has 0 saturated carbocycles. The Hall–Kier alpha value is -1.32. The second-order valence-corrected chi connectivity index (χ2v) is 7.26. The largest absolute Gasteiger partial charge is 0.356 e. The molecule has 22 heavy (non-hydrogen) atoms. The standard InChI is InChI=1S/C19H24N2O/c1-3-12-9-17-19-15(14-7-5-6-8-16(14)20-19)10-18(22-19)21(17)11-13(12)4-2/h4-8,12,15,17-18,20H,3,9-11H2,1-2H3/b13-4+/t12-,15?,17-,18+,19-/m0/s1. The number of ether oxygens (including phenoxy) is 1. The van der Waals surface area contributed by atoms with E-state index >= 15 is 0 Å². The Bertz CT molecular complexity index is 655. The zero-order chi connectivity index (χ0) is 14.9. The molecule has 2 bridgehead atoms. The third kappa shape index (κ3) is 1.44. The monoisotopic (exact) mass is 296 g/mol. The first-order valence-corrected chi connectivity index (χ1v) is 8.72. The summed E-state index contributed by atoms with van der Waals surface area (Å²) in [6.45, 7) is 5.61. The number of nitrogens with zero attached hydrogens (tertiary/aromatic N) is 1. The average Bonchev–Trinajstić information content (AvgIpc) is 3.17. The van der Waals surface area contributed by atoms with Gasteiger partial charge in [-0.3, -0.25) is 4.90 Å². The van der Waals surface area contributed by atoms with Crippen molar-refractivity contribution < 1.29 is 4.74 Å². The highest BCUT2D eigenvalue weighted by Gasteiger charge is 2.67. The Morgan fingerprint density at radius 1 is 1.36 bits per heavy atom. The minimum absolute atomic E-state index is 0.166. The maximum absolute atomic E-state index is 6.59. The number of nitrogens with one attached hydrogen (secondary N) is 1. The van der Waals surface area contributed by atoms with Gasteiger partial charge < -0.3 is 10.1 Å². The van der Waals surface area contributed by atoms with Crippen LogP contribution in [0.25, 0.3) is 0 Å². The lowest BCUT2D eigenvalue weighted by molar-refractivity contribution is 0.0134. The molecule has 116 valence electrons. The summed E-state index contributed by atoms with van der Waals surface area (Å²) < 4.78 is 6.59. The van der Waals surface area contributed by atoms with Crippen molar-refractivity contribution in [1.82, 2.24) is 4.90 Å². The maximum Gasteiger partial charge on any atom is 0.163 e. The second-order valence-electron chi connectivity index (χ2n) is 7.26. The van der Waals surface area contributed by atoms with Crippen molar-refractivity contribution in [3.63, 3.8) is 0 Å². The first-order chi connectivity index (χ1) is 10.8. The van der Waals surface area contributed by atoms with Crippen LogP contribution in [0, 0.1) is 5.92 Å². The summed E-state index contributed by atoms with van der Waals surface area (Å²) in [6, 6.07) is 9.30. The zero-order valence-corrected chi connectivity index (χ0v) is 13.4. The van der Waals surface area contributed by atoms with Gasteiger partial charge in [-0.25, -0.2) is 0 Å². The van der Waals surface area contributed by atoms with E-state index in [-0.39, 0.29) is 5.72 Å². The van der Waals surface area contributed by atoms with Gasteiger partial charge in [-0.2, -0.15) is 0 Å². The van der Waals surface area contributed by atoms with Crippen LogP contribution in [-0.4, -0.2) is 29.4 Å². The zero-order valence-electron chi connectivity index (χ0n) is 13.4. The molecule has 1 N–H and O–H groups in total. The van der Waals surface area contributed by atoms with Gasteiger partial charge in [0.05, 0.1) is 6.04 Å². The van der Waals surface area contributed by atoms with E-state index in [1.807, 2.05) is 0 Å². The Morgan fingerprint density at radius 2 is 2.23 bits per heavy atom. The van der Waals surface area contributed by atoms with E-state index in [4.69, 9.17) is 4.74 Å².